The number of halogens is 2. The van der Waals surface area contributed by atoms with E-state index in [-0.39, 0.29) is 36.8 Å². The van der Waals surface area contributed by atoms with Gasteiger partial charge in [-0.25, -0.2) is 4.98 Å². The Bertz CT molecular complexity index is 594. The Hall–Kier alpha value is -0.880. The monoisotopic (exact) mass is 347 g/mol. The van der Waals surface area contributed by atoms with E-state index in [1.54, 1.807) is 11.3 Å². The first-order valence-electron chi connectivity index (χ1n) is 6.51. The van der Waals surface area contributed by atoms with Gasteiger partial charge in [-0.2, -0.15) is 0 Å². The lowest BCUT2D eigenvalue weighted by Gasteiger charge is -2.15. The highest BCUT2D eigenvalue weighted by Crippen LogP contribution is 2.32. The molecule has 3 N–H and O–H groups in total. The molecule has 7 heteroatoms. The maximum atomic E-state index is 11.8. The zero-order chi connectivity index (χ0) is 13.5. The first kappa shape index (κ1) is 18.2. The van der Waals surface area contributed by atoms with Crippen LogP contribution in [0.15, 0.2) is 24.3 Å². The van der Waals surface area contributed by atoms with E-state index in [9.17, 15) is 4.79 Å². The van der Waals surface area contributed by atoms with Crippen LogP contribution in [0.1, 0.15) is 24.8 Å². The van der Waals surface area contributed by atoms with E-state index >= 15 is 0 Å². The number of fused-ring (bicyclic) bond motifs is 1. The maximum absolute atomic E-state index is 11.8. The summed E-state index contributed by atoms with van der Waals surface area (Å²) in [4.78, 5) is 16.4. The van der Waals surface area contributed by atoms with Crippen molar-refractivity contribution in [3.8, 4) is 0 Å². The van der Waals surface area contributed by atoms with Gasteiger partial charge in [0.25, 0.3) is 0 Å². The molecule has 1 fully saturated rings. The lowest BCUT2D eigenvalue weighted by atomic mass is 10.2. The second kappa shape index (κ2) is 6.92. The van der Waals surface area contributed by atoms with Crippen molar-refractivity contribution in [3.05, 3.63) is 29.3 Å². The number of benzene rings is 1. The normalized spacial score (nSPS) is 16.5. The molecule has 1 atom stereocenters. The van der Waals surface area contributed by atoms with E-state index in [2.05, 4.69) is 16.4 Å². The Morgan fingerprint density at radius 1 is 1.43 bits per heavy atom. The second-order valence-corrected chi connectivity index (χ2v) is 6.43. The van der Waals surface area contributed by atoms with Crippen LogP contribution >= 0.6 is 36.2 Å². The predicted molar refractivity (Wildman–Crippen MR) is 91.6 cm³/mol. The third-order valence-corrected chi connectivity index (χ3v) is 4.50. The van der Waals surface area contributed by atoms with Crippen LogP contribution in [-0.2, 0) is 11.2 Å². The third-order valence-electron chi connectivity index (χ3n) is 3.44. The number of nitrogens with one attached hydrogen (secondary N) is 1. The summed E-state index contributed by atoms with van der Waals surface area (Å²) in [6.07, 6.45) is 2.35. The molecule has 0 saturated heterocycles. The maximum Gasteiger partial charge on any atom is 0.240 e. The Kier molecular flexibility index (Phi) is 5.99. The van der Waals surface area contributed by atoms with E-state index in [1.165, 1.54) is 4.70 Å². The third kappa shape index (κ3) is 4.07. The molecular formula is C14H19Cl2N3OS. The van der Waals surface area contributed by atoms with Crippen molar-refractivity contribution in [1.29, 1.82) is 0 Å². The van der Waals surface area contributed by atoms with Crippen molar-refractivity contribution in [1.82, 2.24) is 10.3 Å². The average molecular weight is 348 g/mol. The largest absolute Gasteiger partial charge is 0.352 e. The van der Waals surface area contributed by atoms with Gasteiger partial charge in [0.15, 0.2) is 0 Å². The van der Waals surface area contributed by atoms with E-state index < -0.39 is 5.54 Å². The fourth-order valence-corrected chi connectivity index (χ4v) is 3.15. The second-order valence-electron chi connectivity index (χ2n) is 5.31. The van der Waals surface area contributed by atoms with E-state index in [1.807, 2.05) is 25.1 Å². The minimum absolute atomic E-state index is 0. The number of carbonyl (C=O) groups is 1. The quantitative estimate of drug-likeness (QED) is 0.893. The molecule has 1 aliphatic carbocycles. The molecule has 4 nitrogen and oxygen atoms in total. The average Bonchev–Trinajstić information content (AvgIpc) is 2.99. The molecule has 1 saturated carbocycles. The first-order valence-corrected chi connectivity index (χ1v) is 7.33. The highest BCUT2D eigenvalue weighted by atomic mass is 35.5. The molecule has 1 aromatic carbocycles. The molecule has 1 heterocycles. The van der Waals surface area contributed by atoms with Crippen LogP contribution in [-0.4, -0.2) is 22.5 Å². The number of carbonyl (C=O) groups excluding carboxylic acids is 1. The zero-order valence-electron chi connectivity index (χ0n) is 11.7. The Balaban J connectivity index is 0.00000110. The van der Waals surface area contributed by atoms with Crippen LogP contribution in [0.4, 0.5) is 0 Å². The first-order chi connectivity index (χ1) is 9.07. The molecule has 116 valence electrons. The van der Waals surface area contributed by atoms with Gasteiger partial charge in [0, 0.05) is 12.5 Å². The SMILES string of the molecule is CC(Cc1nc2ccccc2s1)NC(=O)C1(N)CC1.Cl.Cl. The number of aromatic nitrogens is 1. The van der Waals surface area contributed by atoms with Gasteiger partial charge in [0.05, 0.1) is 20.8 Å². The molecular weight excluding hydrogens is 329 g/mol. The van der Waals surface area contributed by atoms with Gasteiger partial charge in [-0.3, -0.25) is 4.79 Å². The number of amides is 1. The Morgan fingerprint density at radius 2 is 2.10 bits per heavy atom. The number of nitrogens with zero attached hydrogens (tertiary/aromatic N) is 1. The summed E-state index contributed by atoms with van der Waals surface area (Å²) >= 11 is 1.68. The van der Waals surface area contributed by atoms with Gasteiger partial charge >= 0.3 is 0 Å². The van der Waals surface area contributed by atoms with Crippen molar-refractivity contribution >= 4 is 52.3 Å². The summed E-state index contributed by atoms with van der Waals surface area (Å²) in [6, 6.07) is 8.15. The van der Waals surface area contributed by atoms with E-state index in [0.717, 1.165) is 29.8 Å². The summed E-state index contributed by atoms with van der Waals surface area (Å²) < 4.78 is 1.19. The molecule has 0 bridgehead atoms. The van der Waals surface area contributed by atoms with Crippen molar-refractivity contribution in [3.63, 3.8) is 0 Å². The van der Waals surface area contributed by atoms with Crippen molar-refractivity contribution < 1.29 is 4.79 Å². The molecule has 2 aromatic rings. The molecule has 1 unspecified atom stereocenters. The predicted octanol–water partition coefficient (Wildman–Crippen LogP) is 2.68. The van der Waals surface area contributed by atoms with Gasteiger partial charge in [-0.15, -0.1) is 36.2 Å². The molecule has 0 spiro atoms. The summed E-state index contributed by atoms with van der Waals surface area (Å²) in [5.74, 6) is -0.0267. The van der Waals surface area contributed by atoms with Crippen molar-refractivity contribution in [2.45, 2.75) is 37.8 Å². The highest BCUT2D eigenvalue weighted by molar-refractivity contribution is 7.18. The fourth-order valence-electron chi connectivity index (χ4n) is 2.05. The summed E-state index contributed by atoms with van der Waals surface area (Å²) in [6.45, 7) is 2.00. The summed E-state index contributed by atoms with van der Waals surface area (Å²) in [5, 5.41) is 4.03. The molecule has 1 aromatic heterocycles. The van der Waals surface area contributed by atoms with E-state index in [0.29, 0.717) is 0 Å². The molecule has 1 amide bonds. The van der Waals surface area contributed by atoms with Crippen molar-refractivity contribution in [2.24, 2.45) is 5.73 Å². The van der Waals surface area contributed by atoms with Gasteiger partial charge in [-0.05, 0) is 31.9 Å². The highest BCUT2D eigenvalue weighted by Gasteiger charge is 2.46. The fraction of sp³-hybridized carbons (Fsp3) is 0.429. The molecule has 21 heavy (non-hydrogen) atoms. The van der Waals surface area contributed by atoms with Crippen LogP contribution in [0.2, 0.25) is 0 Å². The molecule has 3 rings (SSSR count). The minimum atomic E-state index is -0.595. The number of para-hydroxylation sites is 1. The number of thiazole rings is 1. The van der Waals surface area contributed by atoms with Crippen LogP contribution in [0, 0.1) is 0 Å². The van der Waals surface area contributed by atoms with Crippen molar-refractivity contribution in [2.75, 3.05) is 0 Å². The molecule has 0 aliphatic heterocycles. The molecule has 0 radical (unpaired) electrons. The topological polar surface area (TPSA) is 68.0 Å². The molecule has 1 aliphatic rings. The lowest BCUT2D eigenvalue weighted by Crippen LogP contribution is -2.46. The van der Waals surface area contributed by atoms with Crippen LogP contribution < -0.4 is 11.1 Å². The van der Waals surface area contributed by atoms with Gasteiger partial charge in [0.2, 0.25) is 5.91 Å². The summed E-state index contributed by atoms with van der Waals surface area (Å²) in [5.41, 5.74) is 6.30. The number of hydrogen-bond donors (Lipinski definition) is 2. The van der Waals surface area contributed by atoms with Crippen LogP contribution in [0.5, 0.6) is 0 Å². The zero-order valence-corrected chi connectivity index (χ0v) is 14.1. The number of nitrogens with two attached hydrogens (primary N) is 1. The number of rotatable bonds is 4. The lowest BCUT2D eigenvalue weighted by molar-refractivity contribution is -0.123. The smallest absolute Gasteiger partial charge is 0.240 e. The van der Waals surface area contributed by atoms with Gasteiger partial charge in [-0.1, -0.05) is 12.1 Å². The minimum Gasteiger partial charge on any atom is -0.352 e. The van der Waals surface area contributed by atoms with Crippen LogP contribution in [0.3, 0.4) is 0 Å². The Labute approximate surface area is 140 Å². The van der Waals surface area contributed by atoms with Gasteiger partial charge < -0.3 is 11.1 Å². The Morgan fingerprint density at radius 3 is 2.71 bits per heavy atom. The van der Waals surface area contributed by atoms with E-state index in [4.69, 9.17) is 5.73 Å². The summed E-state index contributed by atoms with van der Waals surface area (Å²) in [7, 11) is 0. The standard InChI is InChI=1S/C14H17N3OS.2ClH/c1-9(16-13(18)14(15)6-7-14)8-12-17-10-4-2-3-5-11(10)19-12;;/h2-5,9H,6-8,15H2,1H3,(H,16,18);2*1H. The van der Waals surface area contributed by atoms with Gasteiger partial charge in [0.1, 0.15) is 0 Å². The number of hydrogen-bond acceptors (Lipinski definition) is 4. The van der Waals surface area contributed by atoms with Crippen LogP contribution in [0.25, 0.3) is 10.2 Å².